The molecule has 0 radical (unpaired) electrons. The lowest BCUT2D eigenvalue weighted by Crippen LogP contribution is -2.26. The van der Waals surface area contributed by atoms with Gasteiger partial charge in [0, 0.05) is 23.6 Å². The number of hydrogen-bond acceptors (Lipinski definition) is 6. The molecule has 2 aromatic heterocycles. The summed E-state index contributed by atoms with van der Waals surface area (Å²) in [5.74, 6) is 1.54. The van der Waals surface area contributed by atoms with Crippen molar-refractivity contribution in [2.24, 2.45) is 0 Å². The molecule has 0 fully saturated rings. The van der Waals surface area contributed by atoms with Gasteiger partial charge in [0.15, 0.2) is 11.5 Å². The Morgan fingerprint density at radius 2 is 1.94 bits per heavy atom. The minimum atomic E-state index is -0.197. The zero-order valence-corrected chi connectivity index (χ0v) is 19.0. The number of rotatable bonds is 8. The van der Waals surface area contributed by atoms with Crippen LogP contribution in [0.3, 0.4) is 0 Å². The van der Waals surface area contributed by atoms with Crippen molar-refractivity contribution >= 4 is 5.91 Å². The molecular formula is C25H26N4O4. The maximum atomic E-state index is 12.9. The van der Waals surface area contributed by atoms with Crippen LogP contribution < -0.4 is 14.8 Å². The van der Waals surface area contributed by atoms with E-state index in [2.05, 4.69) is 15.5 Å². The molecule has 4 rings (SSSR count). The number of ether oxygens (including phenoxy) is 2. The largest absolute Gasteiger partial charge is 0.493 e. The quantitative estimate of drug-likeness (QED) is 0.427. The lowest BCUT2D eigenvalue weighted by atomic mass is 10.1. The Labute approximate surface area is 192 Å². The summed E-state index contributed by atoms with van der Waals surface area (Å²) >= 11 is 0. The van der Waals surface area contributed by atoms with Crippen molar-refractivity contribution in [2.45, 2.75) is 33.4 Å². The van der Waals surface area contributed by atoms with Crippen molar-refractivity contribution in [3.05, 3.63) is 89.3 Å². The topological polar surface area (TPSA) is 91.4 Å². The highest BCUT2D eigenvalue weighted by Gasteiger charge is 2.16. The summed E-state index contributed by atoms with van der Waals surface area (Å²) in [6.45, 7) is 5.96. The number of aromatic nitrogens is 3. The molecule has 0 saturated carbocycles. The Morgan fingerprint density at radius 1 is 1.15 bits per heavy atom. The Hall–Kier alpha value is -4.07. The summed E-state index contributed by atoms with van der Waals surface area (Å²) in [5.41, 5.74) is 4.17. The maximum Gasteiger partial charge on any atom is 0.251 e. The zero-order valence-electron chi connectivity index (χ0n) is 19.0. The van der Waals surface area contributed by atoms with E-state index in [0.29, 0.717) is 23.7 Å². The van der Waals surface area contributed by atoms with E-state index in [1.165, 1.54) is 0 Å². The lowest BCUT2D eigenvalue weighted by molar-refractivity contribution is 0.0939. The van der Waals surface area contributed by atoms with Gasteiger partial charge in [-0.05, 0) is 56.7 Å². The summed E-state index contributed by atoms with van der Waals surface area (Å²) in [4.78, 5) is 16.9. The molecule has 0 bridgehead atoms. The fraction of sp³-hybridized carbons (Fsp3) is 0.240. The van der Waals surface area contributed by atoms with Crippen LogP contribution in [0, 0.1) is 13.8 Å². The molecule has 0 aliphatic rings. The van der Waals surface area contributed by atoms with Crippen LogP contribution in [0.1, 0.15) is 45.9 Å². The number of imidazole rings is 1. The van der Waals surface area contributed by atoms with Crippen molar-refractivity contribution in [1.82, 2.24) is 20.0 Å². The van der Waals surface area contributed by atoms with Gasteiger partial charge < -0.3 is 23.9 Å². The van der Waals surface area contributed by atoms with Crippen LogP contribution in [0.25, 0.3) is 5.69 Å². The first-order valence-electron chi connectivity index (χ1n) is 10.6. The second-order valence-electron chi connectivity index (χ2n) is 7.71. The van der Waals surface area contributed by atoms with E-state index < -0.39 is 0 Å². The van der Waals surface area contributed by atoms with E-state index in [9.17, 15) is 4.79 Å². The van der Waals surface area contributed by atoms with E-state index in [-0.39, 0.29) is 11.9 Å². The van der Waals surface area contributed by atoms with Crippen molar-refractivity contribution in [1.29, 1.82) is 0 Å². The Morgan fingerprint density at radius 3 is 2.58 bits per heavy atom. The molecule has 0 aliphatic carbocycles. The maximum absolute atomic E-state index is 12.9. The van der Waals surface area contributed by atoms with E-state index >= 15 is 0 Å². The number of benzene rings is 2. The molecule has 0 saturated heterocycles. The van der Waals surface area contributed by atoms with Gasteiger partial charge in [0.05, 0.1) is 30.7 Å². The van der Waals surface area contributed by atoms with Gasteiger partial charge in [-0.2, -0.15) is 0 Å². The lowest BCUT2D eigenvalue weighted by Gasteiger charge is -2.16. The van der Waals surface area contributed by atoms with Crippen LogP contribution in [-0.2, 0) is 6.61 Å². The van der Waals surface area contributed by atoms with Gasteiger partial charge in [0.1, 0.15) is 12.4 Å². The van der Waals surface area contributed by atoms with Gasteiger partial charge in [-0.15, -0.1) is 0 Å². The summed E-state index contributed by atoms with van der Waals surface area (Å²) in [6.07, 6.45) is 5.36. The molecule has 1 unspecified atom stereocenters. The van der Waals surface area contributed by atoms with Crippen LogP contribution in [0.2, 0.25) is 0 Å². The van der Waals surface area contributed by atoms with E-state index in [1.807, 2.05) is 55.8 Å². The number of nitrogens with one attached hydrogen (secondary N) is 1. The minimum Gasteiger partial charge on any atom is -0.493 e. The number of methoxy groups -OCH3 is 1. The minimum absolute atomic E-state index is 0.171. The Kier molecular flexibility index (Phi) is 6.44. The van der Waals surface area contributed by atoms with Gasteiger partial charge in [0.25, 0.3) is 5.91 Å². The molecule has 0 aliphatic heterocycles. The summed E-state index contributed by atoms with van der Waals surface area (Å²) in [7, 11) is 1.55. The Balaban J connectivity index is 1.42. The number of carbonyl (C=O) groups excluding carboxylic acids is 1. The third-order valence-corrected chi connectivity index (χ3v) is 5.52. The molecule has 170 valence electrons. The predicted octanol–water partition coefficient (Wildman–Crippen LogP) is 4.56. The van der Waals surface area contributed by atoms with Gasteiger partial charge in [-0.1, -0.05) is 17.3 Å². The molecule has 2 aromatic carbocycles. The monoisotopic (exact) mass is 446 g/mol. The third kappa shape index (κ3) is 4.90. The number of carbonyl (C=O) groups is 1. The highest BCUT2D eigenvalue weighted by molar-refractivity contribution is 5.95. The molecule has 1 atom stereocenters. The van der Waals surface area contributed by atoms with Crippen LogP contribution in [0.4, 0.5) is 0 Å². The van der Waals surface area contributed by atoms with Crippen LogP contribution in [0.5, 0.6) is 11.5 Å². The first kappa shape index (κ1) is 22.1. The molecule has 8 heteroatoms. The van der Waals surface area contributed by atoms with Crippen LogP contribution in [-0.4, -0.2) is 27.7 Å². The second-order valence-corrected chi connectivity index (χ2v) is 7.71. The first-order chi connectivity index (χ1) is 16.0. The van der Waals surface area contributed by atoms with Crippen LogP contribution >= 0.6 is 0 Å². The highest BCUT2D eigenvalue weighted by Crippen LogP contribution is 2.30. The van der Waals surface area contributed by atoms with Crippen molar-refractivity contribution in [2.75, 3.05) is 7.11 Å². The summed E-state index contributed by atoms with van der Waals surface area (Å²) in [6, 6.07) is 12.9. The van der Waals surface area contributed by atoms with Crippen LogP contribution in [0.15, 0.2) is 65.7 Å². The smallest absolute Gasteiger partial charge is 0.251 e. The average Bonchev–Trinajstić information content (AvgIpc) is 3.48. The Bertz CT molecular complexity index is 1210. The van der Waals surface area contributed by atoms with Gasteiger partial charge >= 0.3 is 0 Å². The molecule has 1 amide bonds. The zero-order chi connectivity index (χ0) is 23.4. The first-order valence-corrected chi connectivity index (χ1v) is 10.6. The SMILES string of the molecule is COc1cc(C(=O)NC(C)c2ccc(-n3ccnc3)cc2)ccc1OCc1c(C)noc1C. The number of aryl methyl sites for hydroxylation is 2. The highest BCUT2D eigenvalue weighted by atomic mass is 16.5. The van der Waals surface area contributed by atoms with E-state index in [1.54, 1.807) is 37.8 Å². The molecular weight excluding hydrogens is 420 g/mol. The number of amides is 1. The van der Waals surface area contributed by atoms with Crippen molar-refractivity contribution in [3.63, 3.8) is 0 Å². The van der Waals surface area contributed by atoms with Gasteiger partial charge in [-0.3, -0.25) is 4.79 Å². The molecule has 0 spiro atoms. The summed E-state index contributed by atoms with van der Waals surface area (Å²) in [5, 5.41) is 6.97. The normalized spacial score (nSPS) is 11.8. The fourth-order valence-electron chi connectivity index (χ4n) is 3.50. The number of hydrogen-bond donors (Lipinski definition) is 1. The molecule has 33 heavy (non-hydrogen) atoms. The fourth-order valence-corrected chi connectivity index (χ4v) is 3.50. The van der Waals surface area contributed by atoms with Crippen molar-refractivity contribution in [3.8, 4) is 17.2 Å². The molecule has 4 aromatic rings. The summed E-state index contributed by atoms with van der Waals surface area (Å²) < 4.78 is 18.4. The predicted molar refractivity (Wildman–Crippen MR) is 123 cm³/mol. The average molecular weight is 447 g/mol. The van der Waals surface area contributed by atoms with Gasteiger partial charge in [-0.25, -0.2) is 4.98 Å². The van der Waals surface area contributed by atoms with Crippen molar-refractivity contribution < 1.29 is 18.8 Å². The van der Waals surface area contributed by atoms with Gasteiger partial charge in [0.2, 0.25) is 0 Å². The van der Waals surface area contributed by atoms with E-state index in [4.69, 9.17) is 14.0 Å². The third-order valence-electron chi connectivity index (χ3n) is 5.52. The molecule has 2 heterocycles. The molecule has 8 nitrogen and oxygen atoms in total. The second kappa shape index (κ2) is 9.60. The number of nitrogens with zero attached hydrogens (tertiary/aromatic N) is 3. The van der Waals surface area contributed by atoms with E-state index in [0.717, 1.165) is 28.3 Å². The molecule has 1 N–H and O–H groups in total. The standard InChI is InChI=1S/C25H26N4O4/c1-16(19-5-8-21(9-6-19)29-12-11-26-15-29)27-25(30)20-7-10-23(24(13-20)31-4)32-14-22-17(2)28-33-18(22)3/h5-13,15-16H,14H2,1-4H3,(H,27,30).